The summed E-state index contributed by atoms with van der Waals surface area (Å²) in [5.41, 5.74) is 11.1. The molecule has 0 atom stereocenters. The van der Waals surface area contributed by atoms with Crippen molar-refractivity contribution in [2.45, 2.75) is 0 Å². The van der Waals surface area contributed by atoms with Crippen LogP contribution in [-0.2, 0) is 0 Å². The predicted molar refractivity (Wildman–Crippen MR) is 219 cm³/mol. The van der Waals surface area contributed by atoms with Gasteiger partial charge in [-0.2, -0.15) is 0 Å². The molecular weight excluding hydrogens is 655 g/mol. The van der Waals surface area contributed by atoms with Crippen LogP contribution in [0.5, 0.6) is 0 Å². The zero-order valence-corrected chi connectivity index (χ0v) is 28.7. The Morgan fingerprint density at radius 3 is 1.85 bits per heavy atom. The molecule has 3 heterocycles. The van der Waals surface area contributed by atoms with Crippen LogP contribution in [0.3, 0.4) is 0 Å². The van der Waals surface area contributed by atoms with Crippen molar-refractivity contribution in [3.63, 3.8) is 0 Å². The molecular formula is C48H29NO2S. The lowest BCUT2D eigenvalue weighted by Gasteiger charge is -2.28. The summed E-state index contributed by atoms with van der Waals surface area (Å²) in [5.74, 6) is 0. The highest BCUT2D eigenvalue weighted by molar-refractivity contribution is 7.26. The molecule has 0 spiro atoms. The Hall–Kier alpha value is -6.62. The number of para-hydroxylation sites is 2. The molecule has 0 N–H and O–H groups in total. The SMILES string of the molecule is c1ccc(-c2cc(N(c3ccc4c(c3)oc3ccccc34)c3ccc(-c4ccccc4)c4oc5ccccc5c34)c3c(c2)sc2ccccc23)cc1. The van der Waals surface area contributed by atoms with Gasteiger partial charge in [0.25, 0.3) is 0 Å². The van der Waals surface area contributed by atoms with E-state index in [1.807, 2.05) is 29.5 Å². The molecule has 0 aliphatic heterocycles. The summed E-state index contributed by atoms with van der Waals surface area (Å²) in [5, 5.41) is 6.81. The van der Waals surface area contributed by atoms with Gasteiger partial charge in [0, 0.05) is 53.6 Å². The van der Waals surface area contributed by atoms with E-state index in [9.17, 15) is 0 Å². The average molecular weight is 684 g/mol. The fraction of sp³-hybridized carbons (Fsp3) is 0. The Bertz CT molecular complexity index is 3130. The van der Waals surface area contributed by atoms with Crippen LogP contribution in [0, 0.1) is 0 Å². The third-order valence-corrected chi connectivity index (χ3v) is 11.4. The van der Waals surface area contributed by atoms with Crippen molar-refractivity contribution in [2.75, 3.05) is 4.90 Å². The monoisotopic (exact) mass is 683 g/mol. The quantitative estimate of drug-likeness (QED) is 0.181. The highest BCUT2D eigenvalue weighted by Crippen LogP contribution is 2.51. The summed E-state index contributed by atoms with van der Waals surface area (Å²) in [6, 6.07) is 62.5. The van der Waals surface area contributed by atoms with Gasteiger partial charge >= 0.3 is 0 Å². The van der Waals surface area contributed by atoms with Gasteiger partial charge in [-0.15, -0.1) is 11.3 Å². The number of hydrogen-bond donors (Lipinski definition) is 0. The number of anilines is 3. The molecule has 0 saturated carbocycles. The molecule has 0 bridgehead atoms. The van der Waals surface area contributed by atoms with Crippen LogP contribution in [0.4, 0.5) is 17.1 Å². The van der Waals surface area contributed by atoms with E-state index in [1.54, 1.807) is 0 Å². The third kappa shape index (κ3) is 4.45. The smallest absolute Gasteiger partial charge is 0.145 e. The number of hydrogen-bond acceptors (Lipinski definition) is 4. The maximum absolute atomic E-state index is 6.80. The second-order valence-corrected chi connectivity index (χ2v) is 14.3. The molecule has 11 rings (SSSR count). The molecule has 0 fully saturated rings. The van der Waals surface area contributed by atoms with Crippen LogP contribution in [0.15, 0.2) is 185 Å². The highest BCUT2D eigenvalue weighted by atomic mass is 32.1. The first-order valence-corrected chi connectivity index (χ1v) is 18.3. The predicted octanol–water partition coefficient (Wildman–Crippen LogP) is 14.7. The van der Waals surface area contributed by atoms with Crippen LogP contribution in [0.2, 0.25) is 0 Å². The van der Waals surface area contributed by atoms with Crippen molar-refractivity contribution in [3.05, 3.63) is 176 Å². The molecule has 52 heavy (non-hydrogen) atoms. The van der Waals surface area contributed by atoms with E-state index in [0.717, 1.165) is 72.1 Å². The van der Waals surface area contributed by atoms with Gasteiger partial charge in [-0.1, -0.05) is 115 Å². The summed E-state index contributed by atoms with van der Waals surface area (Å²) in [6.07, 6.45) is 0. The topological polar surface area (TPSA) is 29.5 Å². The van der Waals surface area contributed by atoms with Crippen molar-refractivity contribution in [1.82, 2.24) is 0 Å². The van der Waals surface area contributed by atoms with E-state index in [1.165, 1.54) is 31.3 Å². The van der Waals surface area contributed by atoms with Crippen LogP contribution in [0.1, 0.15) is 0 Å². The van der Waals surface area contributed by atoms with Gasteiger partial charge in [-0.3, -0.25) is 0 Å². The minimum atomic E-state index is 0.850. The molecule has 3 aromatic heterocycles. The first-order chi connectivity index (χ1) is 25.8. The summed E-state index contributed by atoms with van der Waals surface area (Å²) < 4.78 is 15.8. The Morgan fingerprint density at radius 1 is 0.385 bits per heavy atom. The van der Waals surface area contributed by atoms with Gasteiger partial charge in [0.1, 0.15) is 22.3 Å². The maximum atomic E-state index is 6.80. The van der Waals surface area contributed by atoms with Crippen molar-refractivity contribution >= 4 is 92.4 Å². The van der Waals surface area contributed by atoms with E-state index >= 15 is 0 Å². The molecule has 0 unspecified atom stereocenters. The van der Waals surface area contributed by atoms with Gasteiger partial charge < -0.3 is 13.7 Å². The Morgan fingerprint density at radius 2 is 1.04 bits per heavy atom. The van der Waals surface area contributed by atoms with E-state index in [4.69, 9.17) is 8.83 Å². The van der Waals surface area contributed by atoms with Crippen molar-refractivity contribution < 1.29 is 8.83 Å². The number of thiophene rings is 1. The molecule has 11 aromatic rings. The lowest BCUT2D eigenvalue weighted by atomic mass is 9.98. The normalized spacial score (nSPS) is 11.8. The Labute approximate surface area is 303 Å². The van der Waals surface area contributed by atoms with E-state index < -0.39 is 0 Å². The van der Waals surface area contributed by atoms with Gasteiger partial charge in [0.2, 0.25) is 0 Å². The lowest BCUT2D eigenvalue weighted by molar-refractivity contribution is 0.669. The van der Waals surface area contributed by atoms with Gasteiger partial charge in [0.15, 0.2) is 0 Å². The molecule has 0 radical (unpaired) electrons. The molecule has 0 amide bonds. The van der Waals surface area contributed by atoms with Crippen LogP contribution < -0.4 is 4.90 Å². The number of rotatable bonds is 5. The number of nitrogens with zero attached hydrogens (tertiary/aromatic N) is 1. The largest absolute Gasteiger partial charge is 0.456 e. The van der Waals surface area contributed by atoms with Crippen molar-refractivity contribution in [1.29, 1.82) is 0 Å². The lowest BCUT2D eigenvalue weighted by Crippen LogP contribution is -2.11. The summed E-state index contributed by atoms with van der Waals surface area (Å²) in [6.45, 7) is 0. The second-order valence-electron chi connectivity index (χ2n) is 13.2. The number of benzene rings is 8. The average Bonchev–Trinajstić information content (AvgIpc) is 3.90. The Balaban J connectivity index is 1.29. The first-order valence-electron chi connectivity index (χ1n) is 17.5. The first kappa shape index (κ1) is 29.1. The fourth-order valence-electron chi connectivity index (χ4n) is 7.91. The fourth-order valence-corrected chi connectivity index (χ4v) is 9.08. The minimum absolute atomic E-state index is 0.850. The van der Waals surface area contributed by atoms with Crippen molar-refractivity contribution in [3.8, 4) is 22.3 Å². The summed E-state index contributed by atoms with van der Waals surface area (Å²) in [4.78, 5) is 2.43. The third-order valence-electron chi connectivity index (χ3n) is 10.3. The molecule has 244 valence electrons. The van der Waals surface area contributed by atoms with E-state index in [2.05, 4.69) is 163 Å². The molecule has 0 aliphatic rings. The second kappa shape index (κ2) is 11.5. The van der Waals surface area contributed by atoms with Crippen molar-refractivity contribution in [2.24, 2.45) is 0 Å². The number of fused-ring (bicyclic) bond motifs is 9. The van der Waals surface area contributed by atoms with E-state index in [0.29, 0.717) is 0 Å². The molecule has 3 nitrogen and oxygen atoms in total. The van der Waals surface area contributed by atoms with Crippen LogP contribution >= 0.6 is 11.3 Å². The van der Waals surface area contributed by atoms with Crippen LogP contribution in [0.25, 0.3) is 86.3 Å². The highest BCUT2D eigenvalue weighted by Gasteiger charge is 2.26. The minimum Gasteiger partial charge on any atom is -0.456 e. The summed E-state index contributed by atoms with van der Waals surface area (Å²) in [7, 11) is 0. The molecule has 8 aromatic carbocycles. The van der Waals surface area contributed by atoms with Gasteiger partial charge in [-0.05, 0) is 71.3 Å². The zero-order chi connectivity index (χ0) is 34.2. The maximum Gasteiger partial charge on any atom is 0.145 e. The molecule has 4 heteroatoms. The van der Waals surface area contributed by atoms with Gasteiger partial charge in [-0.25, -0.2) is 0 Å². The molecule has 0 aliphatic carbocycles. The van der Waals surface area contributed by atoms with Gasteiger partial charge in [0.05, 0.1) is 16.8 Å². The van der Waals surface area contributed by atoms with E-state index in [-0.39, 0.29) is 0 Å². The summed E-state index contributed by atoms with van der Waals surface area (Å²) >= 11 is 1.84. The molecule has 0 saturated heterocycles. The standard InChI is InChI=1S/C48H29NO2S/c1-3-13-30(14-4-1)32-27-40(46-38-19-9-12-22-44(38)52-45(46)28-32)49(33-23-24-36-35-17-7-10-20-41(35)50-43(36)29-33)39-26-25-34(31-15-5-2-6-16-31)48-47(39)37-18-8-11-21-42(37)51-48/h1-29H. The van der Waals surface area contributed by atoms with Crippen LogP contribution in [-0.4, -0.2) is 0 Å². The zero-order valence-electron chi connectivity index (χ0n) is 27.9. The number of furan rings is 2. The Kier molecular flexibility index (Phi) is 6.42.